The first-order valence-electron chi connectivity index (χ1n) is 7.16. The fraction of sp³-hybridized carbons (Fsp3) is 0.857. The molecule has 0 spiro atoms. The molecule has 5 nitrogen and oxygen atoms in total. The normalized spacial score (nSPS) is 18.8. The van der Waals surface area contributed by atoms with Crippen LogP contribution in [0, 0.1) is 11.8 Å². The van der Waals surface area contributed by atoms with E-state index >= 15 is 0 Å². The number of nitrogens with zero attached hydrogens (tertiary/aromatic N) is 2. The van der Waals surface area contributed by atoms with Crippen LogP contribution in [0.5, 0.6) is 0 Å². The van der Waals surface area contributed by atoms with Gasteiger partial charge in [0.1, 0.15) is 6.10 Å². The lowest BCUT2D eigenvalue weighted by Crippen LogP contribution is -2.29. The summed E-state index contributed by atoms with van der Waals surface area (Å²) in [5.74, 6) is 2.64. The van der Waals surface area contributed by atoms with E-state index in [1.165, 1.54) is 12.8 Å². The molecule has 1 aromatic heterocycles. The van der Waals surface area contributed by atoms with Gasteiger partial charge in [-0.3, -0.25) is 0 Å². The summed E-state index contributed by atoms with van der Waals surface area (Å²) < 4.78 is 10.8. The Balaban J connectivity index is 1.95. The van der Waals surface area contributed by atoms with Crippen LogP contribution in [0.15, 0.2) is 4.52 Å². The Morgan fingerprint density at radius 2 is 2.16 bits per heavy atom. The molecule has 0 amide bonds. The van der Waals surface area contributed by atoms with Crippen molar-refractivity contribution in [1.29, 1.82) is 0 Å². The molecule has 0 aromatic carbocycles. The molecule has 1 fully saturated rings. The Morgan fingerprint density at radius 1 is 1.42 bits per heavy atom. The third-order valence-electron chi connectivity index (χ3n) is 3.63. The van der Waals surface area contributed by atoms with E-state index in [0.29, 0.717) is 29.6 Å². The van der Waals surface area contributed by atoms with Crippen molar-refractivity contribution < 1.29 is 9.26 Å². The Labute approximate surface area is 115 Å². The van der Waals surface area contributed by atoms with Crippen LogP contribution in [-0.2, 0) is 11.2 Å². The summed E-state index contributed by atoms with van der Waals surface area (Å²) in [7, 11) is 3.70. The summed E-state index contributed by atoms with van der Waals surface area (Å²) >= 11 is 0. The van der Waals surface area contributed by atoms with E-state index in [9.17, 15) is 0 Å². The molecule has 2 rings (SSSR count). The van der Waals surface area contributed by atoms with Gasteiger partial charge in [0, 0.05) is 19.6 Å². The topological polar surface area (TPSA) is 60.2 Å². The monoisotopic (exact) mass is 267 g/mol. The second-order valence-corrected chi connectivity index (χ2v) is 5.86. The fourth-order valence-electron chi connectivity index (χ4n) is 2.46. The van der Waals surface area contributed by atoms with E-state index in [4.69, 9.17) is 9.26 Å². The van der Waals surface area contributed by atoms with Crippen molar-refractivity contribution in [1.82, 2.24) is 15.5 Å². The molecule has 2 unspecified atom stereocenters. The summed E-state index contributed by atoms with van der Waals surface area (Å²) in [6, 6.07) is 0.384. The lowest BCUT2D eigenvalue weighted by Gasteiger charge is -2.15. The molecular formula is C14H25N3O2. The highest BCUT2D eigenvalue weighted by atomic mass is 16.5. The number of ether oxygens (including phenoxy) is 1. The molecule has 0 radical (unpaired) electrons. The van der Waals surface area contributed by atoms with Crippen molar-refractivity contribution in [2.45, 2.75) is 51.7 Å². The van der Waals surface area contributed by atoms with Crippen LogP contribution in [0.3, 0.4) is 0 Å². The van der Waals surface area contributed by atoms with Gasteiger partial charge in [0.15, 0.2) is 0 Å². The van der Waals surface area contributed by atoms with Crippen molar-refractivity contribution >= 4 is 0 Å². The van der Waals surface area contributed by atoms with Crippen LogP contribution >= 0.6 is 0 Å². The molecule has 1 aliphatic rings. The minimum Gasteiger partial charge on any atom is -0.373 e. The molecule has 1 N–H and O–H groups in total. The van der Waals surface area contributed by atoms with Gasteiger partial charge in [-0.2, -0.15) is 4.98 Å². The standard InChI is InChI=1S/C14H25N3O2/c1-9(2)7-11(15-3)8-12-16-14(17-19-12)13(18-4)10-5-6-10/h9-11,13,15H,5-8H2,1-4H3. The van der Waals surface area contributed by atoms with Crippen LogP contribution in [0.4, 0.5) is 0 Å². The van der Waals surface area contributed by atoms with E-state index in [1.807, 2.05) is 7.05 Å². The Morgan fingerprint density at radius 3 is 2.68 bits per heavy atom. The molecule has 0 aliphatic heterocycles. The molecule has 5 heteroatoms. The van der Waals surface area contributed by atoms with Crippen LogP contribution in [0.2, 0.25) is 0 Å². The number of rotatable bonds is 8. The first-order valence-corrected chi connectivity index (χ1v) is 7.16. The molecule has 19 heavy (non-hydrogen) atoms. The van der Waals surface area contributed by atoms with Crippen molar-refractivity contribution in [2.24, 2.45) is 11.8 Å². The molecule has 1 aromatic rings. The van der Waals surface area contributed by atoms with Crippen molar-refractivity contribution in [3.05, 3.63) is 11.7 Å². The molecular weight excluding hydrogens is 242 g/mol. The van der Waals surface area contributed by atoms with Crippen LogP contribution in [-0.4, -0.2) is 30.3 Å². The smallest absolute Gasteiger partial charge is 0.228 e. The summed E-state index contributed by atoms with van der Waals surface area (Å²) in [6.07, 6.45) is 4.30. The lowest BCUT2D eigenvalue weighted by molar-refractivity contribution is 0.0751. The predicted octanol–water partition coefficient (Wildman–Crippen LogP) is 2.34. The highest BCUT2D eigenvalue weighted by molar-refractivity contribution is 4.99. The highest BCUT2D eigenvalue weighted by Crippen LogP contribution is 2.41. The van der Waals surface area contributed by atoms with E-state index in [0.717, 1.165) is 12.8 Å². The van der Waals surface area contributed by atoms with Crippen LogP contribution in [0.25, 0.3) is 0 Å². The number of methoxy groups -OCH3 is 1. The summed E-state index contributed by atoms with van der Waals surface area (Å²) in [6.45, 7) is 4.44. The van der Waals surface area contributed by atoms with E-state index in [-0.39, 0.29) is 6.10 Å². The second kappa shape index (κ2) is 6.48. The third kappa shape index (κ3) is 4.01. The van der Waals surface area contributed by atoms with Crippen molar-refractivity contribution in [3.63, 3.8) is 0 Å². The maximum atomic E-state index is 5.47. The van der Waals surface area contributed by atoms with Gasteiger partial charge in [-0.15, -0.1) is 0 Å². The van der Waals surface area contributed by atoms with E-state index in [1.54, 1.807) is 7.11 Å². The van der Waals surface area contributed by atoms with Gasteiger partial charge in [0.05, 0.1) is 0 Å². The van der Waals surface area contributed by atoms with Crippen molar-refractivity contribution in [2.75, 3.05) is 14.2 Å². The van der Waals surface area contributed by atoms with E-state index < -0.39 is 0 Å². The summed E-state index contributed by atoms with van der Waals surface area (Å²) in [5.41, 5.74) is 0. The average Bonchev–Trinajstić information content (AvgIpc) is 3.09. The first kappa shape index (κ1) is 14.5. The summed E-state index contributed by atoms with van der Waals surface area (Å²) in [5, 5.41) is 7.39. The number of hydrogen-bond acceptors (Lipinski definition) is 5. The molecule has 1 saturated carbocycles. The minimum absolute atomic E-state index is 0.00985. The summed E-state index contributed by atoms with van der Waals surface area (Å²) in [4.78, 5) is 4.49. The largest absolute Gasteiger partial charge is 0.373 e. The second-order valence-electron chi connectivity index (χ2n) is 5.86. The van der Waals surface area contributed by atoms with Gasteiger partial charge < -0.3 is 14.6 Å². The number of aromatic nitrogens is 2. The van der Waals surface area contributed by atoms with Gasteiger partial charge >= 0.3 is 0 Å². The Bertz CT molecular complexity index is 388. The molecule has 1 aliphatic carbocycles. The van der Waals surface area contributed by atoms with Gasteiger partial charge in [-0.05, 0) is 38.1 Å². The third-order valence-corrected chi connectivity index (χ3v) is 3.63. The lowest BCUT2D eigenvalue weighted by atomic mass is 10.0. The maximum absolute atomic E-state index is 5.47. The highest BCUT2D eigenvalue weighted by Gasteiger charge is 2.35. The van der Waals surface area contributed by atoms with E-state index in [2.05, 4.69) is 29.3 Å². The maximum Gasteiger partial charge on any atom is 0.228 e. The molecule has 2 atom stereocenters. The number of hydrogen-bond donors (Lipinski definition) is 1. The van der Waals surface area contributed by atoms with Gasteiger partial charge in [-0.1, -0.05) is 19.0 Å². The van der Waals surface area contributed by atoms with Gasteiger partial charge in [0.25, 0.3) is 0 Å². The molecule has 108 valence electrons. The van der Waals surface area contributed by atoms with Gasteiger partial charge in [0.2, 0.25) is 11.7 Å². The molecule has 1 heterocycles. The average molecular weight is 267 g/mol. The SMILES string of the molecule is CNC(Cc1nc(C(OC)C2CC2)no1)CC(C)C. The predicted molar refractivity (Wildman–Crippen MR) is 72.8 cm³/mol. The van der Waals surface area contributed by atoms with Crippen molar-refractivity contribution in [3.8, 4) is 0 Å². The molecule has 0 bridgehead atoms. The zero-order chi connectivity index (χ0) is 13.8. The van der Waals surface area contributed by atoms with Gasteiger partial charge in [-0.25, -0.2) is 0 Å². The first-order chi connectivity index (χ1) is 9.13. The zero-order valence-electron chi connectivity index (χ0n) is 12.3. The zero-order valence-corrected chi connectivity index (χ0v) is 12.3. The van der Waals surface area contributed by atoms with Crippen LogP contribution < -0.4 is 5.32 Å². The number of likely N-dealkylation sites (N-methyl/N-ethyl adjacent to an activating group) is 1. The quantitative estimate of drug-likeness (QED) is 0.783. The Hall–Kier alpha value is -0.940. The Kier molecular flexibility index (Phi) is 4.93. The molecule has 0 saturated heterocycles. The minimum atomic E-state index is 0.00985. The fourth-order valence-corrected chi connectivity index (χ4v) is 2.46. The van der Waals surface area contributed by atoms with Crippen LogP contribution in [0.1, 0.15) is 50.9 Å². The number of nitrogens with one attached hydrogen (secondary N) is 1.